The number of hydrogen-bond acceptors (Lipinski definition) is 3. The summed E-state index contributed by atoms with van der Waals surface area (Å²) in [6.45, 7) is 3.79. The molecule has 0 saturated carbocycles. The normalized spacial score (nSPS) is 16.2. The molecule has 0 amide bonds. The zero-order chi connectivity index (χ0) is 11.9. The van der Waals surface area contributed by atoms with Crippen LogP contribution in [0.25, 0.3) is 0 Å². The van der Waals surface area contributed by atoms with Crippen LogP contribution in [-0.4, -0.2) is 36.6 Å². The fourth-order valence-corrected chi connectivity index (χ4v) is 3.07. The van der Waals surface area contributed by atoms with Gasteiger partial charge in [0.05, 0.1) is 0 Å². The Morgan fingerprint density at radius 2 is 2.12 bits per heavy atom. The van der Waals surface area contributed by atoms with E-state index >= 15 is 0 Å². The molecular formula is C14H19NOS. The molecule has 0 radical (unpaired) electrons. The van der Waals surface area contributed by atoms with Crippen molar-refractivity contribution >= 4 is 18.0 Å². The van der Waals surface area contributed by atoms with Crippen molar-refractivity contribution in [2.24, 2.45) is 0 Å². The van der Waals surface area contributed by atoms with Crippen molar-refractivity contribution in [1.82, 2.24) is 4.90 Å². The molecule has 1 aromatic carbocycles. The third kappa shape index (κ3) is 4.17. The van der Waals surface area contributed by atoms with Gasteiger partial charge < -0.3 is 4.90 Å². The van der Waals surface area contributed by atoms with Crippen LogP contribution in [0.5, 0.6) is 0 Å². The first kappa shape index (κ1) is 12.7. The van der Waals surface area contributed by atoms with Gasteiger partial charge in [0, 0.05) is 10.5 Å². The number of carbonyl (C=O) groups is 1. The van der Waals surface area contributed by atoms with E-state index in [0.29, 0.717) is 0 Å². The predicted molar refractivity (Wildman–Crippen MR) is 72.8 cm³/mol. The van der Waals surface area contributed by atoms with E-state index in [1.165, 1.54) is 43.8 Å². The third-order valence-corrected chi connectivity index (χ3v) is 4.16. The molecule has 2 nitrogen and oxygen atoms in total. The van der Waals surface area contributed by atoms with E-state index in [1.54, 1.807) is 0 Å². The summed E-state index contributed by atoms with van der Waals surface area (Å²) >= 11 is 1.85. The van der Waals surface area contributed by atoms with Crippen LogP contribution in [0.4, 0.5) is 0 Å². The van der Waals surface area contributed by atoms with Crippen molar-refractivity contribution in [3.05, 3.63) is 29.8 Å². The Morgan fingerprint density at radius 3 is 2.88 bits per heavy atom. The summed E-state index contributed by atoms with van der Waals surface area (Å²) in [5.41, 5.74) is 0.773. The summed E-state index contributed by atoms with van der Waals surface area (Å²) in [4.78, 5) is 14.4. The minimum atomic E-state index is 0.773. The molecule has 0 spiro atoms. The van der Waals surface area contributed by atoms with Gasteiger partial charge in [-0.2, -0.15) is 0 Å². The average molecular weight is 249 g/mol. The Morgan fingerprint density at radius 1 is 1.29 bits per heavy atom. The van der Waals surface area contributed by atoms with Crippen LogP contribution in [0.15, 0.2) is 29.2 Å². The van der Waals surface area contributed by atoms with Gasteiger partial charge in [0.1, 0.15) is 6.29 Å². The van der Waals surface area contributed by atoms with E-state index in [1.807, 2.05) is 30.0 Å². The molecule has 0 aromatic heterocycles. The highest BCUT2D eigenvalue weighted by molar-refractivity contribution is 7.99. The quantitative estimate of drug-likeness (QED) is 0.439. The van der Waals surface area contributed by atoms with Gasteiger partial charge in [0.25, 0.3) is 0 Å². The topological polar surface area (TPSA) is 20.3 Å². The highest BCUT2D eigenvalue weighted by Gasteiger charge is 2.10. The third-order valence-electron chi connectivity index (χ3n) is 3.08. The molecule has 0 aliphatic carbocycles. The Labute approximate surface area is 107 Å². The van der Waals surface area contributed by atoms with Gasteiger partial charge in [-0.15, -0.1) is 11.8 Å². The molecule has 92 valence electrons. The van der Waals surface area contributed by atoms with Crippen LogP contribution in [-0.2, 0) is 0 Å². The average Bonchev–Trinajstić information content (AvgIpc) is 2.88. The number of thioether (sulfide) groups is 1. The number of likely N-dealkylation sites (tertiary alicyclic amines) is 1. The molecule has 0 N–H and O–H groups in total. The zero-order valence-corrected chi connectivity index (χ0v) is 10.9. The number of benzene rings is 1. The first-order chi connectivity index (χ1) is 8.38. The molecule has 0 atom stereocenters. The van der Waals surface area contributed by atoms with Crippen LogP contribution in [0.1, 0.15) is 29.6 Å². The van der Waals surface area contributed by atoms with E-state index in [9.17, 15) is 4.79 Å². The van der Waals surface area contributed by atoms with E-state index < -0.39 is 0 Å². The van der Waals surface area contributed by atoms with Gasteiger partial charge >= 0.3 is 0 Å². The number of hydrogen-bond donors (Lipinski definition) is 0. The highest BCUT2D eigenvalue weighted by Crippen LogP contribution is 2.20. The number of rotatable bonds is 6. The van der Waals surface area contributed by atoms with Gasteiger partial charge in [-0.1, -0.05) is 12.1 Å². The summed E-state index contributed by atoms with van der Waals surface area (Å²) in [5.74, 6) is 1.14. The Balaban J connectivity index is 1.68. The van der Waals surface area contributed by atoms with Crippen molar-refractivity contribution < 1.29 is 4.79 Å². The van der Waals surface area contributed by atoms with Gasteiger partial charge in [0.15, 0.2) is 0 Å². The first-order valence-corrected chi connectivity index (χ1v) is 7.27. The molecule has 0 bridgehead atoms. The lowest BCUT2D eigenvalue weighted by Gasteiger charge is -2.13. The summed E-state index contributed by atoms with van der Waals surface area (Å²) in [6.07, 6.45) is 4.88. The molecule has 0 unspecified atom stereocenters. The minimum Gasteiger partial charge on any atom is -0.303 e. The maximum atomic E-state index is 10.6. The second-order valence-electron chi connectivity index (χ2n) is 4.44. The molecule has 2 rings (SSSR count). The molecular weight excluding hydrogens is 230 g/mol. The largest absolute Gasteiger partial charge is 0.303 e. The van der Waals surface area contributed by atoms with Gasteiger partial charge in [-0.3, -0.25) is 4.79 Å². The minimum absolute atomic E-state index is 0.773. The molecule has 1 aliphatic rings. The van der Waals surface area contributed by atoms with Crippen molar-refractivity contribution in [2.75, 3.05) is 25.4 Å². The van der Waals surface area contributed by atoms with Crippen molar-refractivity contribution in [3.8, 4) is 0 Å². The maximum absolute atomic E-state index is 10.6. The molecule has 1 aliphatic heterocycles. The van der Waals surface area contributed by atoms with E-state index in [0.717, 1.165) is 17.6 Å². The van der Waals surface area contributed by atoms with Crippen LogP contribution in [0.2, 0.25) is 0 Å². The van der Waals surface area contributed by atoms with Crippen molar-refractivity contribution in [1.29, 1.82) is 0 Å². The molecule has 1 heterocycles. The number of nitrogens with zero attached hydrogens (tertiary/aromatic N) is 1. The summed E-state index contributed by atoms with van der Waals surface area (Å²) in [5, 5.41) is 0. The predicted octanol–water partition coefficient (Wildman–Crippen LogP) is 3.08. The summed E-state index contributed by atoms with van der Waals surface area (Å²) in [6, 6.07) is 7.84. The van der Waals surface area contributed by atoms with Crippen molar-refractivity contribution in [3.63, 3.8) is 0 Å². The monoisotopic (exact) mass is 249 g/mol. The Hall–Kier alpha value is -0.800. The number of aldehydes is 1. The van der Waals surface area contributed by atoms with Crippen molar-refractivity contribution in [2.45, 2.75) is 24.2 Å². The standard InChI is InChI=1S/C14H19NOS/c16-12-13-5-3-6-14(11-13)17-10-4-9-15-7-1-2-8-15/h3,5-6,11-12H,1-2,4,7-10H2. The lowest BCUT2D eigenvalue weighted by Crippen LogP contribution is -2.20. The molecule has 17 heavy (non-hydrogen) atoms. The van der Waals surface area contributed by atoms with Gasteiger partial charge in [0.2, 0.25) is 0 Å². The van der Waals surface area contributed by atoms with Gasteiger partial charge in [-0.05, 0) is 56.8 Å². The zero-order valence-electron chi connectivity index (χ0n) is 10.1. The fraction of sp³-hybridized carbons (Fsp3) is 0.500. The Bertz CT molecular complexity index is 361. The highest BCUT2D eigenvalue weighted by atomic mass is 32.2. The second-order valence-corrected chi connectivity index (χ2v) is 5.61. The van der Waals surface area contributed by atoms with E-state index in [-0.39, 0.29) is 0 Å². The molecule has 1 aromatic rings. The summed E-state index contributed by atoms with van der Waals surface area (Å²) in [7, 11) is 0. The smallest absolute Gasteiger partial charge is 0.150 e. The van der Waals surface area contributed by atoms with Crippen LogP contribution < -0.4 is 0 Å². The lowest BCUT2D eigenvalue weighted by atomic mass is 10.2. The van der Waals surface area contributed by atoms with Gasteiger partial charge in [-0.25, -0.2) is 0 Å². The van der Waals surface area contributed by atoms with E-state index in [4.69, 9.17) is 0 Å². The first-order valence-electron chi connectivity index (χ1n) is 6.29. The second kappa shape index (κ2) is 6.82. The van der Waals surface area contributed by atoms with Crippen LogP contribution in [0, 0.1) is 0 Å². The molecule has 3 heteroatoms. The molecule has 1 saturated heterocycles. The Kier molecular flexibility index (Phi) is 5.08. The fourth-order valence-electron chi connectivity index (χ4n) is 2.16. The lowest BCUT2D eigenvalue weighted by molar-refractivity contribution is 0.112. The van der Waals surface area contributed by atoms with Crippen LogP contribution >= 0.6 is 11.8 Å². The number of carbonyl (C=O) groups excluding carboxylic acids is 1. The van der Waals surface area contributed by atoms with E-state index in [2.05, 4.69) is 11.0 Å². The summed E-state index contributed by atoms with van der Waals surface area (Å²) < 4.78 is 0. The molecule has 1 fully saturated rings. The maximum Gasteiger partial charge on any atom is 0.150 e. The SMILES string of the molecule is O=Cc1cccc(SCCCN2CCCC2)c1. The van der Waals surface area contributed by atoms with Crippen LogP contribution in [0.3, 0.4) is 0 Å².